The SMILES string of the molecule is Cc1ccc(N2C[C@H](C(=O)Nc3ccccc3C)CC2=O)cc1. The lowest BCUT2D eigenvalue weighted by atomic mass is 10.1. The molecule has 0 aromatic heterocycles. The molecular weight excluding hydrogens is 288 g/mol. The van der Waals surface area contributed by atoms with E-state index in [-0.39, 0.29) is 24.2 Å². The van der Waals surface area contributed by atoms with E-state index in [1.165, 1.54) is 0 Å². The Balaban J connectivity index is 1.71. The smallest absolute Gasteiger partial charge is 0.229 e. The van der Waals surface area contributed by atoms with Gasteiger partial charge < -0.3 is 10.2 Å². The van der Waals surface area contributed by atoms with Crippen LogP contribution in [0.1, 0.15) is 17.5 Å². The summed E-state index contributed by atoms with van der Waals surface area (Å²) in [6.45, 7) is 4.39. The Kier molecular flexibility index (Phi) is 4.15. The quantitative estimate of drug-likeness (QED) is 0.946. The fourth-order valence-electron chi connectivity index (χ4n) is 2.81. The minimum absolute atomic E-state index is 0.00112. The Morgan fingerprint density at radius 2 is 1.78 bits per heavy atom. The molecule has 1 heterocycles. The van der Waals surface area contributed by atoms with Gasteiger partial charge in [0, 0.05) is 24.3 Å². The first-order valence-electron chi connectivity index (χ1n) is 7.78. The molecule has 0 bridgehead atoms. The van der Waals surface area contributed by atoms with Gasteiger partial charge in [0.2, 0.25) is 11.8 Å². The first-order valence-corrected chi connectivity index (χ1v) is 7.78. The number of benzene rings is 2. The number of hydrogen-bond acceptors (Lipinski definition) is 2. The molecule has 2 aromatic rings. The molecule has 1 atom stereocenters. The Labute approximate surface area is 136 Å². The van der Waals surface area contributed by atoms with Crippen LogP contribution in [0.3, 0.4) is 0 Å². The normalized spacial score (nSPS) is 17.4. The van der Waals surface area contributed by atoms with Crippen molar-refractivity contribution in [3.63, 3.8) is 0 Å². The average molecular weight is 308 g/mol. The predicted octanol–water partition coefficient (Wildman–Crippen LogP) is 3.30. The number of para-hydroxylation sites is 1. The van der Waals surface area contributed by atoms with Crippen LogP contribution in [0.4, 0.5) is 11.4 Å². The second kappa shape index (κ2) is 6.24. The van der Waals surface area contributed by atoms with E-state index in [0.717, 1.165) is 22.5 Å². The van der Waals surface area contributed by atoms with E-state index in [4.69, 9.17) is 0 Å². The molecule has 3 rings (SSSR count). The lowest BCUT2D eigenvalue weighted by molar-refractivity contribution is -0.122. The molecule has 4 nitrogen and oxygen atoms in total. The summed E-state index contributed by atoms with van der Waals surface area (Å²) >= 11 is 0. The first kappa shape index (κ1) is 15.3. The molecule has 0 radical (unpaired) electrons. The molecule has 0 unspecified atom stereocenters. The third-order valence-electron chi connectivity index (χ3n) is 4.24. The largest absolute Gasteiger partial charge is 0.326 e. The number of nitrogens with zero attached hydrogens (tertiary/aromatic N) is 1. The van der Waals surface area contributed by atoms with Gasteiger partial charge in [-0.2, -0.15) is 0 Å². The van der Waals surface area contributed by atoms with Crippen molar-refractivity contribution in [2.24, 2.45) is 5.92 Å². The van der Waals surface area contributed by atoms with Crippen molar-refractivity contribution in [1.29, 1.82) is 0 Å². The summed E-state index contributed by atoms with van der Waals surface area (Å²) in [5.41, 5.74) is 3.82. The van der Waals surface area contributed by atoms with E-state index in [0.29, 0.717) is 6.54 Å². The molecule has 0 aliphatic carbocycles. The molecule has 23 heavy (non-hydrogen) atoms. The Bertz CT molecular complexity index is 737. The molecule has 1 fully saturated rings. The van der Waals surface area contributed by atoms with Crippen molar-refractivity contribution < 1.29 is 9.59 Å². The number of carbonyl (C=O) groups is 2. The first-order chi connectivity index (χ1) is 11.0. The molecule has 0 spiro atoms. The van der Waals surface area contributed by atoms with Crippen LogP contribution in [0.2, 0.25) is 0 Å². The standard InChI is InChI=1S/C19H20N2O2/c1-13-7-9-16(10-8-13)21-12-15(11-18(21)22)19(23)20-17-6-4-3-5-14(17)2/h3-10,15H,11-12H2,1-2H3,(H,20,23)/t15-/m1/s1. The molecule has 2 amide bonds. The van der Waals surface area contributed by atoms with Crippen molar-refractivity contribution in [3.05, 3.63) is 59.7 Å². The Morgan fingerprint density at radius 3 is 2.48 bits per heavy atom. The third-order valence-corrected chi connectivity index (χ3v) is 4.24. The maximum absolute atomic E-state index is 12.5. The van der Waals surface area contributed by atoms with Crippen molar-refractivity contribution in [2.45, 2.75) is 20.3 Å². The zero-order valence-electron chi connectivity index (χ0n) is 13.4. The van der Waals surface area contributed by atoms with Gasteiger partial charge in [-0.25, -0.2) is 0 Å². The number of amides is 2. The van der Waals surface area contributed by atoms with Gasteiger partial charge >= 0.3 is 0 Å². The van der Waals surface area contributed by atoms with Gasteiger partial charge in [-0.3, -0.25) is 9.59 Å². The summed E-state index contributed by atoms with van der Waals surface area (Å²) in [5, 5.41) is 2.94. The summed E-state index contributed by atoms with van der Waals surface area (Å²) in [6, 6.07) is 15.5. The van der Waals surface area contributed by atoms with Crippen LogP contribution < -0.4 is 10.2 Å². The number of carbonyl (C=O) groups excluding carboxylic acids is 2. The van der Waals surface area contributed by atoms with E-state index in [9.17, 15) is 9.59 Å². The van der Waals surface area contributed by atoms with Gasteiger partial charge in [0.15, 0.2) is 0 Å². The van der Waals surface area contributed by atoms with E-state index in [1.54, 1.807) is 4.90 Å². The number of anilines is 2. The fourth-order valence-corrected chi connectivity index (χ4v) is 2.81. The van der Waals surface area contributed by atoms with Gasteiger partial charge in [-0.15, -0.1) is 0 Å². The second-order valence-corrected chi connectivity index (χ2v) is 6.05. The van der Waals surface area contributed by atoms with E-state index < -0.39 is 0 Å². The molecule has 0 saturated carbocycles. The van der Waals surface area contributed by atoms with E-state index in [1.807, 2.05) is 62.4 Å². The number of nitrogens with one attached hydrogen (secondary N) is 1. The summed E-state index contributed by atoms with van der Waals surface area (Å²) in [5.74, 6) is -0.413. The predicted molar refractivity (Wildman–Crippen MR) is 91.4 cm³/mol. The number of rotatable bonds is 3. The summed E-state index contributed by atoms with van der Waals surface area (Å²) in [4.78, 5) is 26.4. The van der Waals surface area contributed by atoms with E-state index in [2.05, 4.69) is 5.32 Å². The van der Waals surface area contributed by atoms with Crippen LogP contribution >= 0.6 is 0 Å². The summed E-state index contributed by atoms with van der Waals surface area (Å²) < 4.78 is 0. The average Bonchev–Trinajstić information content (AvgIpc) is 2.92. The van der Waals surface area contributed by atoms with Crippen molar-refractivity contribution in [2.75, 3.05) is 16.8 Å². The lowest BCUT2D eigenvalue weighted by Gasteiger charge is -2.17. The topological polar surface area (TPSA) is 49.4 Å². The molecule has 118 valence electrons. The van der Waals surface area contributed by atoms with Crippen LogP contribution in [-0.2, 0) is 9.59 Å². The number of hydrogen-bond donors (Lipinski definition) is 1. The Morgan fingerprint density at radius 1 is 1.09 bits per heavy atom. The molecule has 4 heteroatoms. The van der Waals surface area contributed by atoms with Gasteiger partial charge in [-0.1, -0.05) is 35.9 Å². The zero-order valence-corrected chi connectivity index (χ0v) is 13.4. The minimum Gasteiger partial charge on any atom is -0.326 e. The van der Waals surface area contributed by atoms with E-state index >= 15 is 0 Å². The third kappa shape index (κ3) is 3.26. The Hall–Kier alpha value is -2.62. The highest BCUT2D eigenvalue weighted by Gasteiger charge is 2.35. The second-order valence-electron chi connectivity index (χ2n) is 6.05. The van der Waals surface area contributed by atoms with Crippen LogP contribution in [-0.4, -0.2) is 18.4 Å². The molecule has 1 N–H and O–H groups in total. The van der Waals surface area contributed by atoms with Crippen molar-refractivity contribution >= 4 is 23.2 Å². The van der Waals surface area contributed by atoms with Gasteiger partial charge in [0.05, 0.1) is 5.92 Å². The molecular formula is C19H20N2O2. The molecule has 2 aromatic carbocycles. The summed E-state index contributed by atoms with van der Waals surface area (Å²) in [6.07, 6.45) is 0.256. The zero-order chi connectivity index (χ0) is 16.4. The highest BCUT2D eigenvalue weighted by atomic mass is 16.2. The molecule has 1 aliphatic rings. The van der Waals surface area contributed by atoms with Gasteiger partial charge in [-0.05, 0) is 37.6 Å². The van der Waals surface area contributed by atoms with Crippen LogP contribution in [0, 0.1) is 19.8 Å². The van der Waals surface area contributed by atoms with Crippen LogP contribution in [0.5, 0.6) is 0 Å². The minimum atomic E-state index is -0.316. The monoisotopic (exact) mass is 308 g/mol. The fraction of sp³-hybridized carbons (Fsp3) is 0.263. The van der Waals surface area contributed by atoms with Crippen molar-refractivity contribution in [1.82, 2.24) is 0 Å². The summed E-state index contributed by atoms with van der Waals surface area (Å²) in [7, 11) is 0. The maximum Gasteiger partial charge on any atom is 0.229 e. The highest BCUT2D eigenvalue weighted by Crippen LogP contribution is 2.26. The maximum atomic E-state index is 12.5. The lowest BCUT2D eigenvalue weighted by Crippen LogP contribution is -2.28. The molecule has 1 aliphatic heterocycles. The van der Waals surface area contributed by atoms with Crippen molar-refractivity contribution in [3.8, 4) is 0 Å². The highest BCUT2D eigenvalue weighted by molar-refractivity contribution is 6.03. The van der Waals surface area contributed by atoms with Crippen LogP contribution in [0.25, 0.3) is 0 Å². The van der Waals surface area contributed by atoms with Crippen LogP contribution in [0.15, 0.2) is 48.5 Å². The number of aryl methyl sites for hydroxylation is 2. The molecule has 1 saturated heterocycles. The van der Waals surface area contributed by atoms with Gasteiger partial charge in [0.1, 0.15) is 0 Å². The van der Waals surface area contributed by atoms with Gasteiger partial charge in [0.25, 0.3) is 0 Å².